The summed E-state index contributed by atoms with van der Waals surface area (Å²) in [4.78, 5) is 0. The van der Waals surface area contributed by atoms with Crippen LogP contribution in [0.15, 0.2) is 42.5 Å². The van der Waals surface area contributed by atoms with E-state index >= 15 is 0 Å². The molecular formula is C18H21NO. The summed E-state index contributed by atoms with van der Waals surface area (Å²) in [7, 11) is 1.72. The van der Waals surface area contributed by atoms with E-state index < -0.39 is 0 Å². The Morgan fingerprint density at radius 1 is 1.15 bits per heavy atom. The van der Waals surface area contributed by atoms with Gasteiger partial charge in [0.2, 0.25) is 0 Å². The standard InChI is InChI=1S/C18H21NO/c1-12(2)16-9-5-7-14-11-17(19-18(14)16)13-6-4-8-15(10-13)20-3/h4-10,12,17,19H,11H2,1-3H3. The number of benzene rings is 2. The van der Waals surface area contributed by atoms with Gasteiger partial charge in [0, 0.05) is 5.69 Å². The fraction of sp³-hybridized carbons (Fsp3) is 0.333. The average Bonchev–Trinajstić information content (AvgIpc) is 2.91. The quantitative estimate of drug-likeness (QED) is 0.882. The van der Waals surface area contributed by atoms with E-state index in [0.29, 0.717) is 12.0 Å². The molecular weight excluding hydrogens is 246 g/mol. The van der Waals surface area contributed by atoms with Gasteiger partial charge in [-0.1, -0.05) is 44.2 Å². The second-order valence-electron chi connectivity index (χ2n) is 5.71. The van der Waals surface area contributed by atoms with Gasteiger partial charge in [0.05, 0.1) is 13.2 Å². The minimum absolute atomic E-state index is 0.347. The molecule has 0 aliphatic carbocycles. The smallest absolute Gasteiger partial charge is 0.119 e. The number of hydrogen-bond acceptors (Lipinski definition) is 2. The van der Waals surface area contributed by atoms with Gasteiger partial charge in [-0.05, 0) is 41.2 Å². The molecule has 0 radical (unpaired) electrons. The van der Waals surface area contributed by atoms with Crippen LogP contribution in [0.5, 0.6) is 5.75 Å². The summed E-state index contributed by atoms with van der Waals surface area (Å²) >= 11 is 0. The van der Waals surface area contributed by atoms with Gasteiger partial charge in [0.25, 0.3) is 0 Å². The summed E-state index contributed by atoms with van der Waals surface area (Å²) in [6.07, 6.45) is 1.04. The first-order valence-corrected chi connectivity index (χ1v) is 7.21. The molecule has 1 aliphatic rings. The highest BCUT2D eigenvalue weighted by atomic mass is 16.5. The first-order chi connectivity index (χ1) is 9.69. The first kappa shape index (κ1) is 13.0. The zero-order valence-corrected chi connectivity index (χ0v) is 12.3. The van der Waals surface area contributed by atoms with Crippen molar-refractivity contribution in [3.63, 3.8) is 0 Å². The molecule has 3 rings (SSSR count). The molecule has 0 aromatic heterocycles. The molecule has 0 saturated heterocycles. The lowest BCUT2D eigenvalue weighted by Crippen LogP contribution is -2.06. The van der Waals surface area contributed by atoms with Gasteiger partial charge in [-0.3, -0.25) is 0 Å². The predicted octanol–water partition coefficient (Wildman–Crippen LogP) is 4.53. The minimum atomic E-state index is 0.347. The van der Waals surface area contributed by atoms with Crippen LogP contribution in [0.3, 0.4) is 0 Å². The molecule has 2 aromatic rings. The fourth-order valence-electron chi connectivity index (χ4n) is 2.95. The molecule has 0 spiro atoms. The Balaban J connectivity index is 1.92. The number of para-hydroxylation sites is 1. The molecule has 2 heteroatoms. The summed E-state index contributed by atoms with van der Waals surface area (Å²) in [5.41, 5.74) is 5.45. The van der Waals surface area contributed by atoms with Crippen LogP contribution in [-0.4, -0.2) is 7.11 Å². The van der Waals surface area contributed by atoms with Crippen molar-refractivity contribution in [3.05, 3.63) is 59.2 Å². The van der Waals surface area contributed by atoms with Crippen molar-refractivity contribution in [2.45, 2.75) is 32.2 Å². The van der Waals surface area contributed by atoms with Crippen molar-refractivity contribution in [1.29, 1.82) is 0 Å². The third-order valence-electron chi connectivity index (χ3n) is 4.04. The van der Waals surface area contributed by atoms with Gasteiger partial charge >= 0.3 is 0 Å². The summed E-state index contributed by atoms with van der Waals surface area (Å²) in [5, 5.41) is 3.70. The number of anilines is 1. The second kappa shape index (κ2) is 5.20. The summed E-state index contributed by atoms with van der Waals surface area (Å²) < 4.78 is 5.33. The second-order valence-corrected chi connectivity index (χ2v) is 5.71. The van der Waals surface area contributed by atoms with E-state index in [1.807, 2.05) is 6.07 Å². The van der Waals surface area contributed by atoms with E-state index in [0.717, 1.165) is 12.2 Å². The number of nitrogens with one attached hydrogen (secondary N) is 1. The molecule has 0 saturated carbocycles. The monoisotopic (exact) mass is 267 g/mol. The Morgan fingerprint density at radius 3 is 2.70 bits per heavy atom. The van der Waals surface area contributed by atoms with Crippen LogP contribution in [0.1, 0.15) is 42.5 Å². The van der Waals surface area contributed by atoms with Crippen molar-refractivity contribution in [3.8, 4) is 5.75 Å². The molecule has 2 nitrogen and oxygen atoms in total. The van der Waals surface area contributed by atoms with Crippen LogP contribution in [0, 0.1) is 0 Å². The van der Waals surface area contributed by atoms with Crippen molar-refractivity contribution < 1.29 is 4.74 Å². The SMILES string of the molecule is COc1cccc(C2Cc3cccc(C(C)C)c3N2)c1. The van der Waals surface area contributed by atoms with E-state index in [2.05, 4.69) is 55.6 Å². The Bertz CT molecular complexity index is 619. The Morgan fingerprint density at radius 2 is 1.95 bits per heavy atom. The maximum Gasteiger partial charge on any atom is 0.119 e. The molecule has 1 aliphatic heterocycles. The highest BCUT2D eigenvalue weighted by Crippen LogP contribution is 2.39. The van der Waals surface area contributed by atoms with Crippen LogP contribution < -0.4 is 10.1 Å². The van der Waals surface area contributed by atoms with Gasteiger partial charge in [0.15, 0.2) is 0 Å². The lowest BCUT2D eigenvalue weighted by atomic mass is 9.97. The Kier molecular flexibility index (Phi) is 3.39. The highest BCUT2D eigenvalue weighted by Gasteiger charge is 2.24. The van der Waals surface area contributed by atoms with Gasteiger partial charge in [-0.25, -0.2) is 0 Å². The van der Waals surface area contributed by atoms with Crippen LogP contribution >= 0.6 is 0 Å². The van der Waals surface area contributed by atoms with E-state index in [1.165, 1.54) is 22.4 Å². The zero-order valence-electron chi connectivity index (χ0n) is 12.3. The number of fused-ring (bicyclic) bond motifs is 1. The number of hydrogen-bond donors (Lipinski definition) is 1. The normalized spacial score (nSPS) is 16.9. The molecule has 1 atom stereocenters. The van der Waals surface area contributed by atoms with E-state index in [9.17, 15) is 0 Å². The van der Waals surface area contributed by atoms with Gasteiger partial charge in [-0.15, -0.1) is 0 Å². The molecule has 1 heterocycles. The number of ether oxygens (including phenoxy) is 1. The first-order valence-electron chi connectivity index (χ1n) is 7.21. The predicted molar refractivity (Wildman–Crippen MR) is 83.6 cm³/mol. The van der Waals surface area contributed by atoms with Gasteiger partial charge in [0.1, 0.15) is 5.75 Å². The van der Waals surface area contributed by atoms with Crippen LogP contribution in [0.4, 0.5) is 5.69 Å². The molecule has 0 amide bonds. The maximum absolute atomic E-state index is 5.33. The van der Waals surface area contributed by atoms with E-state index in [1.54, 1.807) is 7.11 Å². The highest BCUT2D eigenvalue weighted by molar-refractivity contribution is 5.64. The van der Waals surface area contributed by atoms with E-state index in [4.69, 9.17) is 4.74 Å². The van der Waals surface area contributed by atoms with Crippen LogP contribution in [0.25, 0.3) is 0 Å². The summed E-state index contributed by atoms with van der Waals surface area (Å²) in [6.45, 7) is 4.49. The van der Waals surface area contributed by atoms with Crippen molar-refractivity contribution >= 4 is 5.69 Å². The molecule has 104 valence electrons. The summed E-state index contributed by atoms with van der Waals surface area (Å²) in [6, 6.07) is 15.3. The molecule has 20 heavy (non-hydrogen) atoms. The van der Waals surface area contributed by atoms with Crippen LogP contribution in [-0.2, 0) is 6.42 Å². The number of methoxy groups -OCH3 is 1. The zero-order chi connectivity index (χ0) is 14.1. The number of rotatable bonds is 3. The lowest BCUT2D eigenvalue weighted by Gasteiger charge is -2.15. The fourth-order valence-corrected chi connectivity index (χ4v) is 2.95. The van der Waals surface area contributed by atoms with Crippen molar-refractivity contribution in [2.75, 3.05) is 12.4 Å². The van der Waals surface area contributed by atoms with Crippen LogP contribution in [0.2, 0.25) is 0 Å². The Hall–Kier alpha value is -1.96. The molecule has 1 N–H and O–H groups in total. The Labute approximate surface area is 120 Å². The lowest BCUT2D eigenvalue weighted by molar-refractivity contribution is 0.414. The topological polar surface area (TPSA) is 21.3 Å². The molecule has 0 fully saturated rings. The molecule has 2 aromatic carbocycles. The van der Waals surface area contributed by atoms with E-state index in [-0.39, 0.29) is 0 Å². The summed E-state index contributed by atoms with van der Waals surface area (Å²) in [5.74, 6) is 1.46. The minimum Gasteiger partial charge on any atom is -0.497 e. The van der Waals surface area contributed by atoms with Gasteiger partial charge < -0.3 is 10.1 Å². The largest absolute Gasteiger partial charge is 0.497 e. The average molecular weight is 267 g/mol. The van der Waals surface area contributed by atoms with Gasteiger partial charge in [-0.2, -0.15) is 0 Å². The third-order valence-corrected chi connectivity index (χ3v) is 4.04. The molecule has 0 bridgehead atoms. The third kappa shape index (κ3) is 2.26. The van der Waals surface area contributed by atoms with Crippen molar-refractivity contribution in [1.82, 2.24) is 0 Å². The van der Waals surface area contributed by atoms with Crippen molar-refractivity contribution in [2.24, 2.45) is 0 Å². The molecule has 1 unspecified atom stereocenters. The maximum atomic E-state index is 5.33.